The smallest absolute Gasteiger partial charge is 0.261 e. The lowest BCUT2D eigenvalue weighted by atomic mass is 10.2. The highest BCUT2D eigenvalue weighted by Gasteiger charge is 2.12. The molecule has 2 aromatic rings. The third-order valence-electron chi connectivity index (χ3n) is 3.18. The van der Waals surface area contributed by atoms with Crippen LogP contribution in [0.25, 0.3) is 10.9 Å². The predicted octanol–water partition coefficient (Wildman–Crippen LogP) is 2.62. The molecule has 1 aromatic carbocycles. The maximum absolute atomic E-state index is 12.3. The third kappa shape index (κ3) is 3.54. The molecule has 7 heteroatoms. The number of carbonyl (C=O) groups is 1. The number of amides is 1. The summed E-state index contributed by atoms with van der Waals surface area (Å²) in [6.45, 7) is 3.79. The molecule has 5 nitrogen and oxygen atoms in total. The first-order valence-electron chi connectivity index (χ1n) is 6.56. The van der Waals surface area contributed by atoms with Gasteiger partial charge in [-0.05, 0) is 25.5 Å². The number of hydrogen-bond acceptors (Lipinski definition) is 3. The topological polar surface area (TPSA) is 64.0 Å². The van der Waals surface area contributed by atoms with Crippen LogP contribution in [0.15, 0.2) is 23.3 Å². The molecule has 0 spiro atoms. The van der Waals surface area contributed by atoms with E-state index in [2.05, 4.69) is 10.3 Å². The van der Waals surface area contributed by atoms with Crippen LogP contribution >= 0.6 is 23.2 Å². The lowest BCUT2D eigenvalue weighted by molar-refractivity contribution is -0.122. The molecule has 0 aliphatic carbocycles. The Morgan fingerprint density at radius 1 is 1.43 bits per heavy atom. The van der Waals surface area contributed by atoms with Crippen LogP contribution in [0, 0.1) is 0 Å². The van der Waals surface area contributed by atoms with Crippen LogP contribution in [0.1, 0.15) is 20.3 Å². The van der Waals surface area contributed by atoms with Gasteiger partial charge in [0.25, 0.3) is 5.56 Å². The number of rotatable bonds is 4. The van der Waals surface area contributed by atoms with E-state index in [0.717, 1.165) is 6.42 Å². The van der Waals surface area contributed by atoms with Crippen molar-refractivity contribution in [3.63, 3.8) is 0 Å². The molecule has 0 bridgehead atoms. The average Bonchev–Trinajstić information content (AvgIpc) is 2.42. The van der Waals surface area contributed by atoms with E-state index in [1.165, 1.54) is 23.0 Å². The van der Waals surface area contributed by atoms with Gasteiger partial charge in [-0.1, -0.05) is 30.1 Å². The van der Waals surface area contributed by atoms with Gasteiger partial charge in [-0.3, -0.25) is 14.2 Å². The third-order valence-corrected chi connectivity index (χ3v) is 3.69. The first kappa shape index (κ1) is 15.8. The fourth-order valence-corrected chi connectivity index (χ4v) is 2.43. The van der Waals surface area contributed by atoms with Crippen molar-refractivity contribution in [2.75, 3.05) is 0 Å². The largest absolute Gasteiger partial charge is 0.352 e. The minimum absolute atomic E-state index is 0.0607. The van der Waals surface area contributed by atoms with E-state index >= 15 is 0 Å². The van der Waals surface area contributed by atoms with E-state index < -0.39 is 0 Å². The zero-order chi connectivity index (χ0) is 15.6. The molecule has 0 fully saturated rings. The molecular formula is C14H15Cl2N3O2. The highest BCUT2D eigenvalue weighted by atomic mass is 35.5. The molecule has 21 heavy (non-hydrogen) atoms. The first-order chi connectivity index (χ1) is 9.92. The lowest BCUT2D eigenvalue weighted by Gasteiger charge is -2.12. The Morgan fingerprint density at radius 3 is 2.81 bits per heavy atom. The SMILES string of the molecule is CC[C@H](C)NC(=O)Cn1cnc2c(Cl)cc(Cl)cc2c1=O. The van der Waals surface area contributed by atoms with Gasteiger partial charge in [0.05, 0.1) is 22.3 Å². The summed E-state index contributed by atoms with van der Waals surface area (Å²) in [6, 6.07) is 3.09. The van der Waals surface area contributed by atoms with Crippen LogP contribution in [0.5, 0.6) is 0 Å². The quantitative estimate of drug-likeness (QED) is 0.938. The van der Waals surface area contributed by atoms with Gasteiger partial charge in [0.2, 0.25) is 5.91 Å². The number of halogens is 2. The normalized spacial score (nSPS) is 12.4. The lowest BCUT2D eigenvalue weighted by Crippen LogP contribution is -2.37. The number of benzene rings is 1. The summed E-state index contributed by atoms with van der Waals surface area (Å²) < 4.78 is 1.24. The van der Waals surface area contributed by atoms with Gasteiger partial charge < -0.3 is 5.32 Å². The first-order valence-corrected chi connectivity index (χ1v) is 7.31. The van der Waals surface area contributed by atoms with Crippen molar-refractivity contribution >= 4 is 40.0 Å². The van der Waals surface area contributed by atoms with Crippen LogP contribution < -0.4 is 10.9 Å². The number of hydrogen-bond donors (Lipinski definition) is 1. The molecule has 1 amide bonds. The fraction of sp³-hybridized carbons (Fsp3) is 0.357. The highest BCUT2D eigenvalue weighted by molar-refractivity contribution is 6.38. The minimum atomic E-state index is -0.344. The molecule has 112 valence electrons. The zero-order valence-electron chi connectivity index (χ0n) is 11.7. The number of nitrogens with zero attached hydrogens (tertiary/aromatic N) is 2. The monoisotopic (exact) mass is 327 g/mol. The van der Waals surface area contributed by atoms with Gasteiger partial charge in [-0.25, -0.2) is 4.98 Å². The van der Waals surface area contributed by atoms with Crippen LogP contribution in [-0.4, -0.2) is 21.5 Å². The van der Waals surface area contributed by atoms with Crippen molar-refractivity contribution < 1.29 is 4.79 Å². The Morgan fingerprint density at radius 2 is 2.14 bits per heavy atom. The molecule has 0 saturated heterocycles. The maximum atomic E-state index is 12.3. The molecule has 1 N–H and O–H groups in total. The van der Waals surface area contributed by atoms with Crippen molar-refractivity contribution in [2.24, 2.45) is 0 Å². The molecule has 1 aromatic heterocycles. The standard InChI is InChI=1S/C14H15Cl2N3O2/c1-3-8(2)18-12(20)6-19-7-17-13-10(14(19)21)4-9(15)5-11(13)16/h4-5,7-8H,3,6H2,1-2H3,(H,18,20)/t8-/m0/s1. The van der Waals surface area contributed by atoms with Gasteiger partial charge in [0.15, 0.2) is 0 Å². The Balaban J connectivity index is 2.36. The number of nitrogens with one attached hydrogen (secondary N) is 1. The van der Waals surface area contributed by atoms with Crippen molar-refractivity contribution in [3.05, 3.63) is 38.9 Å². The van der Waals surface area contributed by atoms with Gasteiger partial charge in [-0.15, -0.1) is 0 Å². The summed E-state index contributed by atoms with van der Waals surface area (Å²) >= 11 is 11.9. The fourth-order valence-electron chi connectivity index (χ4n) is 1.88. The summed E-state index contributed by atoms with van der Waals surface area (Å²) in [4.78, 5) is 28.3. The van der Waals surface area contributed by atoms with Crippen LogP contribution in [0.4, 0.5) is 0 Å². The van der Waals surface area contributed by atoms with Crippen molar-refractivity contribution in [1.82, 2.24) is 14.9 Å². The summed E-state index contributed by atoms with van der Waals surface area (Å²) in [5.74, 6) is -0.235. The summed E-state index contributed by atoms with van der Waals surface area (Å²) in [7, 11) is 0. The van der Waals surface area contributed by atoms with Gasteiger partial charge in [-0.2, -0.15) is 0 Å². The van der Waals surface area contributed by atoms with E-state index in [0.29, 0.717) is 20.9 Å². The predicted molar refractivity (Wildman–Crippen MR) is 83.9 cm³/mol. The summed E-state index contributed by atoms with van der Waals surface area (Å²) in [5, 5.41) is 3.76. The van der Waals surface area contributed by atoms with E-state index in [1.807, 2.05) is 13.8 Å². The van der Waals surface area contributed by atoms with Crippen molar-refractivity contribution in [2.45, 2.75) is 32.9 Å². The minimum Gasteiger partial charge on any atom is -0.352 e. The maximum Gasteiger partial charge on any atom is 0.261 e. The summed E-state index contributed by atoms with van der Waals surface area (Å²) in [6.07, 6.45) is 2.14. The molecule has 2 rings (SSSR count). The Kier molecular flexibility index (Phi) is 4.85. The second kappa shape index (κ2) is 6.45. The van der Waals surface area contributed by atoms with E-state index in [4.69, 9.17) is 23.2 Å². The van der Waals surface area contributed by atoms with Crippen molar-refractivity contribution in [1.29, 1.82) is 0 Å². The number of aromatic nitrogens is 2. The summed E-state index contributed by atoms with van der Waals surface area (Å²) in [5.41, 5.74) is 0.0355. The van der Waals surface area contributed by atoms with E-state index in [1.54, 1.807) is 0 Å². The molecule has 0 unspecified atom stereocenters. The van der Waals surface area contributed by atoms with Gasteiger partial charge >= 0.3 is 0 Å². The second-order valence-corrected chi connectivity index (χ2v) is 5.68. The number of fused-ring (bicyclic) bond motifs is 1. The zero-order valence-corrected chi connectivity index (χ0v) is 13.2. The molecule has 0 aliphatic heterocycles. The average molecular weight is 328 g/mol. The number of carbonyl (C=O) groups excluding carboxylic acids is 1. The Labute approximate surface area is 131 Å². The van der Waals surface area contributed by atoms with Gasteiger partial charge in [0.1, 0.15) is 6.54 Å². The molecule has 1 heterocycles. The molecule has 0 radical (unpaired) electrons. The molecule has 0 aliphatic rings. The Bertz CT molecular complexity index is 743. The van der Waals surface area contributed by atoms with Crippen LogP contribution in [-0.2, 0) is 11.3 Å². The highest BCUT2D eigenvalue weighted by Crippen LogP contribution is 2.23. The van der Waals surface area contributed by atoms with Crippen LogP contribution in [0.3, 0.4) is 0 Å². The van der Waals surface area contributed by atoms with Gasteiger partial charge in [0, 0.05) is 11.1 Å². The molecular weight excluding hydrogens is 313 g/mol. The van der Waals surface area contributed by atoms with Crippen molar-refractivity contribution in [3.8, 4) is 0 Å². The second-order valence-electron chi connectivity index (χ2n) is 4.84. The Hall–Kier alpha value is -1.59. The van der Waals surface area contributed by atoms with E-state index in [9.17, 15) is 9.59 Å². The van der Waals surface area contributed by atoms with Crippen LogP contribution in [0.2, 0.25) is 10.0 Å². The van der Waals surface area contributed by atoms with E-state index in [-0.39, 0.29) is 24.1 Å². The molecule has 0 saturated carbocycles. The molecule has 1 atom stereocenters.